The Balaban J connectivity index is 2.14. The first-order chi connectivity index (χ1) is 9.97. The average molecular weight is 286 g/mol. The summed E-state index contributed by atoms with van der Waals surface area (Å²) in [5.74, 6) is 0.120. The largest absolute Gasteiger partial charge is 0.393 e. The van der Waals surface area contributed by atoms with E-state index in [2.05, 4.69) is 10.3 Å². The van der Waals surface area contributed by atoms with Crippen LogP contribution in [-0.4, -0.2) is 28.6 Å². The van der Waals surface area contributed by atoms with Gasteiger partial charge in [0.1, 0.15) is 0 Å². The van der Waals surface area contributed by atoms with Crippen molar-refractivity contribution >= 4 is 16.8 Å². The van der Waals surface area contributed by atoms with Crippen LogP contribution in [0.25, 0.3) is 10.9 Å². The van der Waals surface area contributed by atoms with Crippen LogP contribution in [0.15, 0.2) is 30.3 Å². The first-order valence-corrected chi connectivity index (χ1v) is 7.30. The van der Waals surface area contributed by atoms with Gasteiger partial charge in [-0.3, -0.25) is 9.78 Å². The molecule has 1 heterocycles. The van der Waals surface area contributed by atoms with Crippen molar-refractivity contribution in [2.24, 2.45) is 5.92 Å². The number of amides is 1. The fourth-order valence-corrected chi connectivity index (χ4v) is 2.46. The van der Waals surface area contributed by atoms with E-state index in [1.165, 1.54) is 0 Å². The van der Waals surface area contributed by atoms with Gasteiger partial charge in [-0.15, -0.1) is 0 Å². The second-order valence-electron chi connectivity index (χ2n) is 5.73. The first kappa shape index (κ1) is 15.4. The third kappa shape index (κ3) is 4.02. The number of carbonyl (C=O) groups is 1. The molecule has 0 spiro atoms. The summed E-state index contributed by atoms with van der Waals surface area (Å²) in [6.45, 7) is 6.24. The summed E-state index contributed by atoms with van der Waals surface area (Å²) in [6.07, 6.45) is 0.325. The van der Waals surface area contributed by atoms with Crippen LogP contribution in [0, 0.1) is 12.8 Å². The molecule has 0 bridgehead atoms. The molecule has 1 aromatic heterocycles. The number of aliphatic hydroxyl groups is 1. The van der Waals surface area contributed by atoms with E-state index in [9.17, 15) is 9.90 Å². The van der Waals surface area contributed by atoms with Crippen molar-refractivity contribution in [2.75, 3.05) is 6.54 Å². The van der Waals surface area contributed by atoms with Crippen LogP contribution >= 0.6 is 0 Å². The van der Waals surface area contributed by atoms with Gasteiger partial charge in [0.25, 0.3) is 5.91 Å². The Labute approximate surface area is 125 Å². The molecule has 0 radical (unpaired) electrons. The van der Waals surface area contributed by atoms with Gasteiger partial charge in [0.05, 0.1) is 17.2 Å². The number of aryl methyl sites for hydroxylation is 1. The van der Waals surface area contributed by atoms with E-state index in [-0.39, 0.29) is 17.9 Å². The summed E-state index contributed by atoms with van der Waals surface area (Å²) in [7, 11) is 0. The van der Waals surface area contributed by atoms with Crippen LogP contribution < -0.4 is 5.32 Å². The number of aromatic nitrogens is 1. The Morgan fingerprint density at radius 1 is 1.29 bits per heavy atom. The summed E-state index contributed by atoms with van der Waals surface area (Å²) in [6, 6.07) is 9.53. The van der Waals surface area contributed by atoms with Crippen LogP contribution in [0.5, 0.6) is 0 Å². The Hall–Kier alpha value is -1.94. The number of nitrogens with one attached hydrogen (secondary N) is 1. The van der Waals surface area contributed by atoms with Gasteiger partial charge >= 0.3 is 0 Å². The molecular formula is C17H22N2O2. The minimum Gasteiger partial charge on any atom is -0.393 e. The van der Waals surface area contributed by atoms with Crippen molar-refractivity contribution in [1.29, 1.82) is 0 Å². The van der Waals surface area contributed by atoms with Gasteiger partial charge in [0.15, 0.2) is 0 Å². The zero-order valence-electron chi connectivity index (χ0n) is 12.8. The highest BCUT2D eigenvalue weighted by atomic mass is 16.3. The molecule has 0 aliphatic rings. The number of fused-ring (bicyclic) bond motifs is 1. The molecular weight excluding hydrogens is 264 g/mol. The molecule has 112 valence electrons. The normalized spacial score (nSPS) is 13.9. The zero-order valence-corrected chi connectivity index (χ0v) is 12.8. The van der Waals surface area contributed by atoms with E-state index in [0.29, 0.717) is 18.5 Å². The summed E-state index contributed by atoms with van der Waals surface area (Å²) in [5, 5.41) is 13.2. The van der Waals surface area contributed by atoms with Crippen molar-refractivity contribution in [3.05, 3.63) is 41.6 Å². The molecule has 2 atom stereocenters. The third-order valence-corrected chi connectivity index (χ3v) is 3.46. The highest BCUT2D eigenvalue weighted by Crippen LogP contribution is 2.17. The van der Waals surface area contributed by atoms with E-state index in [4.69, 9.17) is 0 Å². The number of nitrogens with zero attached hydrogens (tertiary/aromatic N) is 1. The molecule has 0 fully saturated rings. The van der Waals surface area contributed by atoms with Gasteiger partial charge in [0.2, 0.25) is 0 Å². The lowest BCUT2D eigenvalue weighted by Crippen LogP contribution is -2.29. The number of carbonyl (C=O) groups excluding carboxylic acids is 1. The van der Waals surface area contributed by atoms with Crippen LogP contribution in [0.3, 0.4) is 0 Å². The number of rotatable bonds is 5. The van der Waals surface area contributed by atoms with Crippen molar-refractivity contribution in [3.63, 3.8) is 0 Å². The molecule has 1 amide bonds. The van der Waals surface area contributed by atoms with Crippen LogP contribution in [0.1, 0.15) is 36.3 Å². The topological polar surface area (TPSA) is 62.2 Å². The van der Waals surface area contributed by atoms with Crippen LogP contribution in [0.2, 0.25) is 0 Å². The number of benzene rings is 1. The Kier molecular flexibility index (Phi) is 4.91. The average Bonchev–Trinajstić information content (AvgIpc) is 2.43. The smallest absolute Gasteiger partial charge is 0.253 e. The maximum Gasteiger partial charge on any atom is 0.253 e. The molecule has 0 aliphatic heterocycles. The molecule has 2 unspecified atom stereocenters. The number of pyridine rings is 1. The SMILES string of the molecule is Cc1ccc2cccc(C(=O)NCC(C)CC(C)O)c2n1. The van der Waals surface area contributed by atoms with Crippen molar-refractivity contribution in [3.8, 4) is 0 Å². The lowest BCUT2D eigenvalue weighted by molar-refractivity contribution is 0.0941. The molecule has 4 heteroatoms. The monoisotopic (exact) mass is 286 g/mol. The van der Waals surface area contributed by atoms with Gasteiger partial charge in [-0.1, -0.05) is 25.1 Å². The predicted octanol–water partition coefficient (Wildman–Crippen LogP) is 2.68. The minimum atomic E-state index is -0.348. The summed E-state index contributed by atoms with van der Waals surface area (Å²) < 4.78 is 0. The Morgan fingerprint density at radius 2 is 2.05 bits per heavy atom. The van der Waals surface area contributed by atoms with Gasteiger partial charge in [-0.2, -0.15) is 0 Å². The third-order valence-electron chi connectivity index (χ3n) is 3.46. The van der Waals surface area contributed by atoms with E-state index in [0.717, 1.165) is 16.6 Å². The fourth-order valence-electron chi connectivity index (χ4n) is 2.46. The highest BCUT2D eigenvalue weighted by Gasteiger charge is 2.13. The summed E-state index contributed by atoms with van der Waals surface area (Å²) in [4.78, 5) is 16.8. The Bertz CT molecular complexity index is 638. The minimum absolute atomic E-state index is 0.115. The molecule has 1 aromatic carbocycles. The summed E-state index contributed by atoms with van der Waals surface area (Å²) in [5.41, 5.74) is 2.23. The van der Waals surface area contributed by atoms with Crippen molar-refractivity contribution in [2.45, 2.75) is 33.3 Å². The van der Waals surface area contributed by atoms with Gasteiger partial charge in [-0.05, 0) is 38.3 Å². The second kappa shape index (κ2) is 6.68. The molecule has 0 saturated carbocycles. The maximum atomic E-state index is 12.3. The van der Waals surface area contributed by atoms with Gasteiger partial charge in [-0.25, -0.2) is 0 Å². The molecule has 2 rings (SSSR count). The Morgan fingerprint density at radius 3 is 2.76 bits per heavy atom. The maximum absolute atomic E-state index is 12.3. The summed E-state index contributed by atoms with van der Waals surface area (Å²) >= 11 is 0. The molecule has 2 N–H and O–H groups in total. The quantitative estimate of drug-likeness (QED) is 0.888. The number of para-hydroxylation sites is 1. The predicted molar refractivity (Wildman–Crippen MR) is 84.3 cm³/mol. The second-order valence-corrected chi connectivity index (χ2v) is 5.73. The number of hydrogen-bond acceptors (Lipinski definition) is 3. The van der Waals surface area contributed by atoms with Crippen LogP contribution in [-0.2, 0) is 0 Å². The number of hydrogen-bond donors (Lipinski definition) is 2. The van der Waals surface area contributed by atoms with E-state index in [1.807, 2.05) is 38.1 Å². The lowest BCUT2D eigenvalue weighted by atomic mass is 10.0. The standard InChI is InChI=1S/C17H22N2O2/c1-11(9-13(3)20)10-18-17(21)15-6-4-5-14-8-7-12(2)19-16(14)15/h4-8,11,13,20H,9-10H2,1-3H3,(H,18,21). The highest BCUT2D eigenvalue weighted by molar-refractivity contribution is 6.05. The fraction of sp³-hybridized carbons (Fsp3) is 0.412. The molecule has 0 saturated heterocycles. The van der Waals surface area contributed by atoms with E-state index < -0.39 is 0 Å². The van der Waals surface area contributed by atoms with Crippen molar-refractivity contribution < 1.29 is 9.90 Å². The van der Waals surface area contributed by atoms with Crippen LogP contribution in [0.4, 0.5) is 0 Å². The molecule has 21 heavy (non-hydrogen) atoms. The zero-order chi connectivity index (χ0) is 15.4. The molecule has 2 aromatic rings. The molecule has 0 aliphatic carbocycles. The number of aliphatic hydroxyl groups excluding tert-OH is 1. The first-order valence-electron chi connectivity index (χ1n) is 7.30. The van der Waals surface area contributed by atoms with Gasteiger partial charge in [0, 0.05) is 17.6 Å². The van der Waals surface area contributed by atoms with Gasteiger partial charge < -0.3 is 10.4 Å². The lowest BCUT2D eigenvalue weighted by Gasteiger charge is -2.14. The van der Waals surface area contributed by atoms with E-state index in [1.54, 1.807) is 13.0 Å². The van der Waals surface area contributed by atoms with Crippen molar-refractivity contribution in [1.82, 2.24) is 10.3 Å². The van der Waals surface area contributed by atoms with E-state index >= 15 is 0 Å². The molecule has 4 nitrogen and oxygen atoms in total.